The van der Waals surface area contributed by atoms with Gasteiger partial charge in [0.05, 0.1) is 18.1 Å². The van der Waals surface area contributed by atoms with Crippen molar-refractivity contribution in [3.63, 3.8) is 0 Å². The molecule has 2 amide bonds. The van der Waals surface area contributed by atoms with Crippen molar-refractivity contribution in [2.45, 2.75) is 33.2 Å². The minimum atomic E-state index is -3.05. The molecular weight excluding hydrogens is 328 g/mol. The summed E-state index contributed by atoms with van der Waals surface area (Å²) < 4.78 is 23.2. The van der Waals surface area contributed by atoms with Crippen LogP contribution in [0, 0.1) is 13.8 Å². The minimum Gasteiger partial charge on any atom is -0.343 e. The summed E-state index contributed by atoms with van der Waals surface area (Å²) in [6.07, 6.45) is 0.465. The molecule has 7 heteroatoms. The number of nitrogens with zero attached hydrogens (tertiary/aromatic N) is 1. The van der Waals surface area contributed by atoms with Gasteiger partial charge >= 0.3 is 0 Å². The highest BCUT2D eigenvalue weighted by Crippen LogP contribution is 2.17. The zero-order chi connectivity index (χ0) is 17.9. The third-order valence-corrected chi connectivity index (χ3v) is 6.23. The van der Waals surface area contributed by atoms with Crippen LogP contribution in [0.1, 0.15) is 34.8 Å². The van der Waals surface area contributed by atoms with Gasteiger partial charge in [-0.05, 0) is 50.5 Å². The van der Waals surface area contributed by atoms with Gasteiger partial charge in [0, 0.05) is 18.2 Å². The van der Waals surface area contributed by atoms with Crippen LogP contribution < -0.4 is 5.32 Å². The lowest BCUT2D eigenvalue weighted by Gasteiger charge is -2.27. The molecular formula is C17H24N2O4S. The van der Waals surface area contributed by atoms with Crippen molar-refractivity contribution < 1.29 is 18.0 Å². The Morgan fingerprint density at radius 3 is 2.50 bits per heavy atom. The largest absolute Gasteiger partial charge is 0.343 e. The van der Waals surface area contributed by atoms with Gasteiger partial charge in [-0.2, -0.15) is 0 Å². The molecule has 2 rings (SSSR count). The third-order valence-electron chi connectivity index (χ3n) is 4.48. The Hall–Kier alpha value is -1.89. The Morgan fingerprint density at radius 2 is 1.96 bits per heavy atom. The molecule has 0 aromatic heterocycles. The molecule has 1 heterocycles. The SMILES string of the molecule is CCN(C(=O)CNC(=O)c1ccc(C)c(C)c1)C1CCS(=O)(=O)C1. The van der Waals surface area contributed by atoms with Gasteiger partial charge in [-0.25, -0.2) is 8.42 Å². The molecule has 1 aliphatic rings. The number of nitrogens with one attached hydrogen (secondary N) is 1. The van der Waals surface area contributed by atoms with Gasteiger partial charge in [0.2, 0.25) is 5.91 Å². The maximum atomic E-state index is 12.3. The zero-order valence-electron chi connectivity index (χ0n) is 14.3. The van der Waals surface area contributed by atoms with Crippen LogP contribution in [0.4, 0.5) is 0 Å². The fourth-order valence-corrected chi connectivity index (χ4v) is 4.63. The summed E-state index contributed by atoms with van der Waals surface area (Å²) in [5, 5.41) is 2.62. The lowest BCUT2D eigenvalue weighted by molar-refractivity contribution is -0.131. The zero-order valence-corrected chi connectivity index (χ0v) is 15.1. The van der Waals surface area contributed by atoms with Crippen molar-refractivity contribution in [3.8, 4) is 0 Å². The number of amides is 2. The second-order valence-corrected chi connectivity index (χ2v) is 8.45. The Labute approximate surface area is 143 Å². The molecule has 1 fully saturated rings. The molecule has 132 valence electrons. The first kappa shape index (κ1) is 18.4. The molecule has 1 atom stereocenters. The molecule has 0 aliphatic carbocycles. The summed E-state index contributed by atoms with van der Waals surface area (Å²) in [5.74, 6) is -0.424. The van der Waals surface area contributed by atoms with Gasteiger partial charge < -0.3 is 10.2 Å². The Morgan fingerprint density at radius 1 is 1.25 bits per heavy atom. The lowest BCUT2D eigenvalue weighted by Crippen LogP contribution is -2.46. The number of hydrogen-bond acceptors (Lipinski definition) is 4. The van der Waals surface area contributed by atoms with Gasteiger partial charge in [-0.1, -0.05) is 6.07 Å². The fourth-order valence-electron chi connectivity index (χ4n) is 2.90. The molecule has 1 aromatic rings. The summed E-state index contributed by atoms with van der Waals surface area (Å²) in [4.78, 5) is 26.1. The molecule has 0 bridgehead atoms. The van der Waals surface area contributed by atoms with Crippen LogP contribution in [0.2, 0.25) is 0 Å². The van der Waals surface area contributed by atoms with Gasteiger partial charge in [0.25, 0.3) is 5.91 Å². The number of benzene rings is 1. The molecule has 1 saturated heterocycles. The summed E-state index contributed by atoms with van der Waals surface area (Å²) in [6.45, 7) is 6.01. The maximum Gasteiger partial charge on any atom is 0.251 e. The van der Waals surface area contributed by atoms with Crippen molar-refractivity contribution in [3.05, 3.63) is 34.9 Å². The molecule has 1 N–H and O–H groups in total. The monoisotopic (exact) mass is 352 g/mol. The predicted octanol–water partition coefficient (Wildman–Crippen LogP) is 1.07. The molecule has 1 unspecified atom stereocenters. The van der Waals surface area contributed by atoms with E-state index in [-0.39, 0.29) is 35.9 Å². The minimum absolute atomic E-state index is 0.0116. The number of carbonyl (C=O) groups excluding carboxylic acids is 2. The van der Waals surface area contributed by atoms with Crippen molar-refractivity contribution in [1.29, 1.82) is 0 Å². The molecule has 1 aromatic carbocycles. The highest BCUT2D eigenvalue weighted by molar-refractivity contribution is 7.91. The topological polar surface area (TPSA) is 83.6 Å². The number of hydrogen-bond donors (Lipinski definition) is 1. The van der Waals surface area contributed by atoms with E-state index in [1.807, 2.05) is 26.8 Å². The molecule has 24 heavy (non-hydrogen) atoms. The van der Waals surface area contributed by atoms with Crippen LogP contribution in [0.5, 0.6) is 0 Å². The molecule has 6 nitrogen and oxygen atoms in total. The Kier molecular flexibility index (Phi) is 5.64. The standard InChI is InChI=1S/C17H24N2O4S/c1-4-19(15-7-8-24(22,23)11-15)16(20)10-18-17(21)14-6-5-12(2)13(3)9-14/h5-6,9,15H,4,7-8,10-11H2,1-3H3,(H,18,21). The van der Waals surface area contributed by atoms with E-state index in [4.69, 9.17) is 0 Å². The van der Waals surface area contributed by atoms with E-state index in [2.05, 4.69) is 5.32 Å². The summed E-state index contributed by atoms with van der Waals surface area (Å²) >= 11 is 0. The number of sulfone groups is 1. The Balaban J connectivity index is 1.95. The van der Waals surface area contributed by atoms with E-state index in [1.54, 1.807) is 17.0 Å². The van der Waals surface area contributed by atoms with E-state index in [0.717, 1.165) is 11.1 Å². The maximum absolute atomic E-state index is 12.3. The Bertz CT molecular complexity index is 743. The summed E-state index contributed by atoms with van der Waals surface area (Å²) in [6, 6.07) is 5.10. The van der Waals surface area contributed by atoms with Crippen LogP contribution in [0.25, 0.3) is 0 Å². The van der Waals surface area contributed by atoms with Crippen molar-refractivity contribution in [2.75, 3.05) is 24.6 Å². The average Bonchev–Trinajstić information content (AvgIpc) is 2.88. The van der Waals surface area contributed by atoms with E-state index in [9.17, 15) is 18.0 Å². The third kappa shape index (κ3) is 4.35. The van der Waals surface area contributed by atoms with E-state index >= 15 is 0 Å². The second-order valence-electron chi connectivity index (χ2n) is 6.22. The molecule has 0 saturated carbocycles. The fraction of sp³-hybridized carbons (Fsp3) is 0.529. The van der Waals surface area contributed by atoms with Crippen LogP contribution in [0.15, 0.2) is 18.2 Å². The number of aryl methyl sites for hydroxylation is 2. The highest BCUT2D eigenvalue weighted by atomic mass is 32.2. The van der Waals surface area contributed by atoms with Crippen LogP contribution in [0.3, 0.4) is 0 Å². The molecule has 0 radical (unpaired) electrons. The van der Waals surface area contributed by atoms with Crippen LogP contribution in [-0.2, 0) is 14.6 Å². The molecule has 1 aliphatic heterocycles. The predicted molar refractivity (Wildman–Crippen MR) is 92.7 cm³/mol. The average molecular weight is 352 g/mol. The van der Waals surface area contributed by atoms with Gasteiger partial charge in [-0.3, -0.25) is 9.59 Å². The lowest BCUT2D eigenvalue weighted by atomic mass is 10.1. The smallest absolute Gasteiger partial charge is 0.251 e. The number of likely N-dealkylation sites (N-methyl/N-ethyl adjacent to an activating group) is 1. The van der Waals surface area contributed by atoms with Crippen molar-refractivity contribution in [1.82, 2.24) is 10.2 Å². The quantitative estimate of drug-likeness (QED) is 0.859. The first-order valence-electron chi connectivity index (χ1n) is 8.09. The summed E-state index contributed by atoms with van der Waals surface area (Å²) in [5.41, 5.74) is 2.62. The summed E-state index contributed by atoms with van der Waals surface area (Å²) in [7, 11) is -3.05. The van der Waals surface area contributed by atoms with E-state index < -0.39 is 9.84 Å². The first-order chi connectivity index (χ1) is 11.2. The first-order valence-corrected chi connectivity index (χ1v) is 9.91. The van der Waals surface area contributed by atoms with E-state index in [1.165, 1.54) is 0 Å². The number of rotatable bonds is 5. The van der Waals surface area contributed by atoms with Crippen molar-refractivity contribution in [2.24, 2.45) is 0 Å². The molecule has 0 spiro atoms. The van der Waals surface area contributed by atoms with Crippen LogP contribution >= 0.6 is 0 Å². The van der Waals surface area contributed by atoms with Gasteiger partial charge in [0.15, 0.2) is 9.84 Å². The van der Waals surface area contributed by atoms with Crippen molar-refractivity contribution >= 4 is 21.7 Å². The number of carbonyl (C=O) groups is 2. The highest BCUT2D eigenvalue weighted by Gasteiger charge is 2.33. The van der Waals surface area contributed by atoms with Crippen LogP contribution in [-0.4, -0.2) is 55.8 Å². The van der Waals surface area contributed by atoms with Gasteiger partial charge in [-0.15, -0.1) is 0 Å². The van der Waals surface area contributed by atoms with Gasteiger partial charge in [0.1, 0.15) is 0 Å². The normalized spacial score (nSPS) is 19.0. The second kappa shape index (κ2) is 7.34. The van der Waals surface area contributed by atoms with E-state index in [0.29, 0.717) is 18.5 Å².